The SMILES string of the molecule is CS/C(=C\c1ccc(Br)cc1)S(C)=O. The van der Waals surface area contributed by atoms with Gasteiger partial charge in [-0.15, -0.1) is 11.8 Å². The highest BCUT2D eigenvalue weighted by Gasteiger charge is 1.99. The van der Waals surface area contributed by atoms with Crippen LogP contribution in [0, 0.1) is 0 Å². The fourth-order valence-electron chi connectivity index (χ4n) is 0.954. The summed E-state index contributed by atoms with van der Waals surface area (Å²) in [6.45, 7) is 0. The summed E-state index contributed by atoms with van der Waals surface area (Å²) in [4.78, 5) is 0. The standard InChI is InChI=1S/C10H11BrOS2/c1-13-10(14(2)12)7-8-3-5-9(11)6-4-8/h3-7H,1-2H3/b10-7+. The van der Waals surface area contributed by atoms with Crippen molar-refractivity contribution in [1.82, 2.24) is 0 Å². The van der Waals surface area contributed by atoms with Gasteiger partial charge in [0.05, 0.1) is 15.0 Å². The first-order chi connectivity index (χ1) is 6.63. The Hall–Kier alpha value is -0.0600. The van der Waals surface area contributed by atoms with Gasteiger partial charge in [-0.3, -0.25) is 4.21 Å². The van der Waals surface area contributed by atoms with E-state index < -0.39 is 10.8 Å². The molecule has 1 rings (SSSR count). The topological polar surface area (TPSA) is 17.1 Å². The fraction of sp³-hybridized carbons (Fsp3) is 0.200. The van der Waals surface area contributed by atoms with E-state index in [-0.39, 0.29) is 0 Å². The highest BCUT2D eigenvalue weighted by atomic mass is 79.9. The monoisotopic (exact) mass is 290 g/mol. The van der Waals surface area contributed by atoms with Crippen LogP contribution in [0.15, 0.2) is 33.0 Å². The third-order valence-electron chi connectivity index (χ3n) is 1.64. The minimum absolute atomic E-state index is 0.896. The molecule has 0 heterocycles. The van der Waals surface area contributed by atoms with Crippen LogP contribution >= 0.6 is 27.7 Å². The molecule has 0 saturated carbocycles. The van der Waals surface area contributed by atoms with E-state index in [4.69, 9.17) is 0 Å². The molecule has 0 aliphatic heterocycles. The zero-order valence-electron chi connectivity index (χ0n) is 7.99. The minimum Gasteiger partial charge on any atom is -0.254 e. The molecule has 0 aromatic heterocycles. The number of hydrogen-bond acceptors (Lipinski definition) is 2. The van der Waals surface area contributed by atoms with Gasteiger partial charge < -0.3 is 0 Å². The Labute approximate surface area is 99.6 Å². The molecule has 1 unspecified atom stereocenters. The molecule has 0 aliphatic rings. The van der Waals surface area contributed by atoms with Crippen molar-refractivity contribution >= 4 is 44.6 Å². The van der Waals surface area contributed by atoms with E-state index in [0.717, 1.165) is 14.3 Å². The largest absolute Gasteiger partial charge is 0.254 e. The number of benzene rings is 1. The zero-order chi connectivity index (χ0) is 10.6. The molecule has 1 aromatic carbocycles. The third kappa shape index (κ3) is 3.59. The molecule has 0 amide bonds. The van der Waals surface area contributed by atoms with Crippen molar-refractivity contribution < 1.29 is 4.21 Å². The molecular weight excluding hydrogens is 280 g/mol. The molecule has 1 atom stereocenters. The van der Waals surface area contributed by atoms with E-state index in [1.807, 2.05) is 36.6 Å². The molecule has 0 bridgehead atoms. The fourth-order valence-corrected chi connectivity index (χ4v) is 2.71. The van der Waals surface area contributed by atoms with Crippen LogP contribution in [0.1, 0.15) is 5.56 Å². The van der Waals surface area contributed by atoms with Crippen LogP contribution in [0.3, 0.4) is 0 Å². The van der Waals surface area contributed by atoms with Gasteiger partial charge >= 0.3 is 0 Å². The first-order valence-corrected chi connectivity index (χ1v) is 7.55. The molecule has 0 radical (unpaired) electrons. The number of thioether (sulfide) groups is 1. The van der Waals surface area contributed by atoms with Crippen LogP contribution < -0.4 is 0 Å². The van der Waals surface area contributed by atoms with Gasteiger partial charge in [-0.1, -0.05) is 28.1 Å². The van der Waals surface area contributed by atoms with Crippen molar-refractivity contribution in [3.05, 3.63) is 38.5 Å². The molecule has 0 N–H and O–H groups in total. The normalized spacial score (nSPS) is 14.1. The first-order valence-electron chi connectivity index (χ1n) is 3.98. The van der Waals surface area contributed by atoms with Gasteiger partial charge in [-0.25, -0.2) is 0 Å². The summed E-state index contributed by atoms with van der Waals surface area (Å²) in [5, 5.41) is 0. The summed E-state index contributed by atoms with van der Waals surface area (Å²) in [5.41, 5.74) is 1.08. The quantitative estimate of drug-likeness (QED) is 0.848. The first kappa shape index (κ1) is 12.0. The van der Waals surface area contributed by atoms with Gasteiger partial charge in [0, 0.05) is 10.7 Å². The Bertz CT molecular complexity index is 357. The van der Waals surface area contributed by atoms with Crippen molar-refractivity contribution in [2.24, 2.45) is 0 Å². The van der Waals surface area contributed by atoms with Crippen molar-refractivity contribution in [2.45, 2.75) is 0 Å². The maximum absolute atomic E-state index is 11.3. The molecule has 0 fully saturated rings. The van der Waals surface area contributed by atoms with Crippen LogP contribution in [0.2, 0.25) is 0 Å². The smallest absolute Gasteiger partial charge is 0.0716 e. The van der Waals surface area contributed by atoms with Gasteiger partial charge in [-0.05, 0) is 30.0 Å². The van der Waals surface area contributed by atoms with Crippen molar-refractivity contribution in [3.63, 3.8) is 0 Å². The minimum atomic E-state index is -0.897. The lowest BCUT2D eigenvalue weighted by Crippen LogP contribution is -1.86. The van der Waals surface area contributed by atoms with Gasteiger partial charge in [0.1, 0.15) is 0 Å². The summed E-state index contributed by atoms with van der Waals surface area (Å²) < 4.78 is 13.2. The maximum atomic E-state index is 11.3. The van der Waals surface area contributed by atoms with E-state index in [0.29, 0.717) is 0 Å². The zero-order valence-corrected chi connectivity index (χ0v) is 11.2. The van der Waals surface area contributed by atoms with Crippen LogP contribution in [0.5, 0.6) is 0 Å². The van der Waals surface area contributed by atoms with Gasteiger partial charge in [-0.2, -0.15) is 0 Å². The second-order valence-electron chi connectivity index (χ2n) is 2.67. The molecule has 14 heavy (non-hydrogen) atoms. The predicted octanol–water partition coefficient (Wildman–Crippen LogP) is 3.49. The van der Waals surface area contributed by atoms with Crippen LogP contribution in [-0.4, -0.2) is 16.7 Å². The lowest BCUT2D eigenvalue weighted by atomic mass is 10.2. The van der Waals surface area contributed by atoms with E-state index in [2.05, 4.69) is 15.9 Å². The Morgan fingerprint density at radius 3 is 2.43 bits per heavy atom. The van der Waals surface area contributed by atoms with Gasteiger partial charge in [0.15, 0.2) is 0 Å². The lowest BCUT2D eigenvalue weighted by Gasteiger charge is -1.99. The van der Waals surface area contributed by atoms with Gasteiger partial charge in [0.2, 0.25) is 0 Å². The molecule has 0 aliphatic carbocycles. The summed E-state index contributed by atoms with van der Waals surface area (Å²) in [6, 6.07) is 7.94. The Balaban J connectivity index is 2.95. The van der Waals surface area contributed by atoms with Crippen LogP contribution in [0.4, 0.5) is 0 Å². The second kappa shape index (κ2) is 5.73. The second-order valence-corrected chi connectivity index (χ2v) is 6.04. The summed E-state index contributed by atoms with van der Waals surface area (Å²) in [5.74, 6) is 0. The molecular formula is C10H11BrOS2. The van der Waals surface area contributed by atoms with E-state index in [1.165, 1.54) is 11.8 Å². The van der Waals surface area contributed by atoms with Crippen molar-refractivity contribution in [1.29, 1.82) is 0 Å². The van der Waals surface area contributed by atoms with E-state index >= 15 is 0 Å². The lowest BCUT2D eigenvalue weighted by molar-refractivity contribution is 0.691. The molecule has 4 heteroatoms. The van der Waals surface area contributed by atoms with E-state index in [9.17, 15) is 4.21 Å². The predicted molar refractivity (Wildman–Crippen MR) is 69.7 cm³/mol. The average molecular weight is 291 g/mol. The Morgan fingerprint density at radius 1 is 1.43 bits per heavy atom. The number of halogens is 1. The van der Waals surface area contributed by atoms with Crippen LogP contribution in [-0.2, 0) is 10.8 Å². The van der Waals surface area contributed by atoms with Crippen LogP contribution in [0.25, 0.3) is 6.08 Å². The summed E-state index contributed by atoms with van der Waals surface area (Å²) in [6.07, 6.45) is 5.58. The summed E-state index contributed by atoms with van der Waals surface area (Å²) in [7, 11) is -0.897. The van der Waals surface area contributed by atoms with Crippen molar-refractivity contribution in [3.8, 4) is 0 Å². The van der Waals surface area contributed by atoms with Gasteiger partial charge in [0.25, 0.3) is 0 Å². The highest BCUT2D eigenvalue weighted by molar-refractivity contribution is 9.10. The molecule has 1 nitrogen and oxygen atoms in total. The number of hydrogen-bond donors (Lipinski definition) is 0. The number of rotatable bonds is 3. The Morgan fingerprint density at radius 2 is 2.00 bits per heavy atom. The molecule has 0 spiro atoms. The third-order valence-corrected chi connectivity index (χ3v) is 4.58. The molecule has 1 aromatic rings. The Kier molecular flexibility index (Phi) is 4.92. The summed E-state index contributed by atoms with van der Waals surface area (Å²) >= 11 is 4.90. The maximum Gasteiger partial charge on any atom is 0.0716 e. The molecule has 0 saturated heterocycles. The average Bonchev–Trinajstić information content (AvgIpc) is 2.16. The van der Waals surface area contributed by atoms with E-state index in [1.54, 1.807) is 6.26 Å². The van der Waals surface area contributed by atoms with Crippen molar-refractivity contribution in [2.75, 3.05) is 12.5 Å². The molecule has 76 valence electrons. The highest BCUT2D eigenvalue weighted by Crippen LogP contribution is 2.20.